The van der Waals surface area contributed by atoms with Crippen molar-refractivity contribution in [1.82, 2.24) is 0 Å². The van der Waals surface area contributed by atoms with Crippen LogP contribution in [0.3, 0.4) is 0 Å². The third kappa shape index (κ3) is 5.66. The van der Waals surface area contributed by atoms with E-state index >= 15 is 0 Å². The fourth-order valence-corrected chi connectivity index (χ4v) is 3.86. The van der Waals surface area contributed by atoms with E-state index in [4.69, 9.17) is 9.47 Å². The van der Waals surface area contributed by atoms with Crippen LogP contribution in [0.15, 0.2) is 57.5 Å². The molecule has 0 aromatic heterocycles. The summed E-state index contributed by atoms with van der Waals surface area (Å²) in [6.45, 7) is 3.84. The topological polar surface area (TPSA) is 52.6 Å². The van der Waals surface area contributed by atoms with E-state index in [0.717, 1.165) is 20.1 Å². The number of carbonyl (C=O) groups is 2. The molecule has 0 spiro atoms. The normalized spacial score (nSPS) is 11.1. The predicted octanol–water partition coefficient (Wildman–Crippen LogP) is 5.11. The molecule has 0 aliphatic heterocycles. The van der Waals surface area contributed by atoms with Crippen molar-refractivity contribution in [1.29, 1.82) is 0 Å². The Kier molecular flexibility index (Phi) is 8.05. The van der Waals surface area contributed by atoms with Gasteiger partial charge in [-0.25, -0.2) is 0 Å². The van der Waals surface area contributed by atoms with Crippen molar-refractivity contribution in [2.45, 2.75) is 26.7 Å². The first-order valence-electron chi connectivity index (χ1n) is 8.74. The van der Waals surface area contributed by atoms with Gasteiger partial charge in [-0.1, -0.05) is 56.1 Å². The molecule has 0 aliphatic rings. The summed E-state index contributed by atoms with van der Waals surface area (Å²) < 4.78 is 12.4. The zero-order valence-corrected chi connectivity index (χ0v) is 18.5. The Balaban J connectivity index is 2.53. The molecule has 4 nitrogen and oxygen atoms in total. The molecule has 0 bridgehead atoms. The summed E-state index contributed by atoms with van der Waals surface area (Å²) in [5, 5.41) is 0. The number of esters is 2. The van der Waals surface area contributed by atoms with Crippen LogP contribution in [0.25, 0.3) is 0 Å². The summed E-state index contributed by atoms with van der Waals surface area (Å²) in [5.41, 5.74) is 0.245. The van der Waals surface area contributed by atoms with E-state index in [1.807, 2.05) is 48.5 Å². The average molecular weight is 498 g/mol. The molecule has 0 aliphatic carbocycles. The van der Waals surface area contributed by atoms with E-state index in [9.17, 15) is 9.59 Å². The lowest BCUT2D eigenvalue weighted by Gasteiger charge is -2.29. The Hall–Kier alpha value is -1.66. The van der Waals surface area contributed by atoms with Crippen molar-refractivity contribution in [2.75, 3.05) is 13.2 Å². The number of carbonyl (C=O) groups excluding carboxylic acids is 2. The van der Waals surface area contributed by atoms with E-state index < -0.39 is 17.4 Å². The molecule has 2 aromatic rings. The summed E-state index contributed by atoms with van der Waals surface area (Å²) >= 11 is 6.89. The zero-order valence-electron chi connectivity index (χ0n) is 15.3. The van der Waals surface area contributed by atoms with Crippen molar-refractivity contribution < 1.29 is 19.1 Å². The van der Waals surface area contributed by atoms with E-state index in [0.29, 0.717) is 0 Å². The lowest BCUT2D eigenvalue weighted by molar-refractivity contribution is -0.172. The number of benzene rings is 2. The van der Waals surface area contributed by atoms with Crippen LogP contribution in [0.5, 0.6) is 0 Å². The van der Waals surface area contributed by atoms with Gasteiger partial charge in [0.15, 0.2) is 5.41 Å². The smallest absolute Gasteiger partial charge is 0.324 e. The van der Waals surface area contributed by atoms with Gasteiger partial charge in [-0.3, -0.25) is 9.59 Å². The molecule has 2 aromatic carbocycles. The van der Waals surface area contributed by atoms with Crippen molar-refractivity contribution in [3.63, 3.8) is 0 Å². The van der Waals surface area contributed by atoms with E-state index in [-0.39, 0.29) is 26.1 Å². The molecule has 0 saturated heterocycles. The standard InChI is InChI=1S/C21H22Br2O4/c1-3-26-19(24)21(20(25)27-4-2,13-15-7-5-9-17(22)11-15)14-16-8-6-10-18(23)12-16/h5-12H,3-4,13-14H2,1-2H3. The Bertz CT molecular complexity index is 737. The highest BCUT2D eigenvalue weighted by Crippen LogP contribution is 2.33. The minimum atomic E-state index is -1.45. The molecule has 0 fully saturated rings. The van der Waals surface area contributed by atoms with Crippen molar-refractivity contribution >= 4 is 43.8 Å². The van der Waals surface area contributed by atoms with E-state index in [1.165, 1.54) is 0 Å². The molecule has 0 atom stereocenters. The maximum absolute atomic E-state index is 13.0. The highest BCUT2D eigenvalue weighted by Gasteiger charge is 2.49. The molecule has 0 N–H and O–H groups in total. The molecular formula is C21H22Br2O4. The first-order valence-corrected chi connectivity index (χ1v) is 10.3. The van der Waals surface area contributed by atoms with E-state index in [1.54, 1.807) is 13.8 Å². The van der Waals surface area contributed by atoms with Crippen LogP contribution < -0.4 is 0 Å². The molecule has 6 heteroatoms. The van der Waals surface area contributed by atoms with Crippen LogP contribution >= 0.6 is 31.9 Å². The second kappa shape index (κ2) is 10.0. The highest BCUT2D eigenvalue weighted by molar-refractivity contribution is 9.10. The van der Waals surface area contributed by atoms with Gasteiger partial charge >= 0.3 is 11.9 Å². The summed E-state index contributed by atoms with van der Waals surface area (Å²) in [5.74, 6) is -1.13. The van der Waals surface area contributed by atoms with Gasteiger partial charge in [0.05, 0.1) is 13.2 Å². The quantitative estimate of drug-likeness (QED) is 0.375. The Morgan fingerprint density at radius 2 is 1.22 bits per heavy atom. The van der Waals surface area contributed by atoms with Gasteiger partial charge in [-0.05, 0) is 62.1 Å². The van der Waals surface area contributed by atoms with Crippen LogP contribution in [-0.2, 0) is 31.9 Å². The number of rotatable bonds is 8. The fraction of sp³-hybridized carbons (Fsp3) is 0.333. The molecule has 2 rings (SSSR count). The Morgan fingerprint density at radius 1 is 0.815 bits per heavy atom. The third-order valence-corrected chi connectivity index (χ3v) is 5.11. The summed E-state index contributed by atoms with van der Waals surface area (Å²) in [7, 11) is 0. The van der Waals surface area contributed by atoms with Gasteiger partial charge in [0.2, 0.25) is 0 Å². The zero-order chi connectivity index (χ0) is 19.9. The fourth-order valence-electron chi connectivity index (χ4n) is 2.96. The lowest BCUT2D eigenvalue weighted by Crippen LogP contribution is -2.45. The van der Waals surface area contributed by atoms with Crippen LogP contribution in [0.1, 0.15) is 25.0 Å². The van der Waals surface area contributed by atoms with Gasteiger partial charge in [0, 0.05) is 8.95 Å². The largest absolute Gasteiger partial charge is 0.465 e. The Labute approximate surface area is 176 Å². The Morgan fingerprint density at radius 3 is 1.56 bits per heavy atom. The highest BCUT2D eigenvalue weighted by atomic mass is 79.9. The first-order chi connectivity index (χ1) is 12.9. The maximum Gasteiger partial charge on any atom is 0.324 e. The molecule has 0 unspecified atom stereocenters. The third-order valence-electron chi connectivity index (χ3n) is 4.12. The molecule has 144 valence electrons. The number of ether oxygens (including phenoxy) is 2. The van der Waals surface area contributed by atoms with Gasteiger partial charge in [-0.2, -0.15) is 0 Å². The van der Waals surface area contributed by atoms with Gasteiger partial charge in [0.1, 0.15) is 0 Å². The minimum absolute atomic E-state index is 0.191. The summed E-state index contributed by atoms with van der Waals surface area (Å²) in [6, 6.07) is 15.1. The maximum atomic E-state index is 13.0. The molecular weight excluding hydrogens is 476 g/mol. The number of hydrogen-bond acceptors (Lipinski definition) is 4. The monoisotopic (exact) mass is 496 g/mol. The van der Waals surface area contributed by atoms with E-state index in [2.05, 4.69) is 31.9 Å². The van der Waals surface area contributed by atoms with Crippen LogP contribution in [0.4, 0.5) is 0 Å². The van der Waals surface area contributed by atoms with Crippen LogP contribution in [0, 0.1) is 5.41 Å². The number of halogens is 2. The van der Waals surface area contributed by atoms with Crippen molar-refractivity contribution in [3.8, 4) is 0 Å². The minimum Gasteiger partial charge on any atom is -0.465 e. The number of hydrogen-bond donors (Lipinski definition) is 0. The van der Waals surface area contributed by atoms with Gasteiger partial charge in [-0.15, -0.1) is 0 Å². The summed E-state index contributed by atoms with van der Waals surface area (Å²) in [4.78, 5) is 26.0. The molecule has 0 heterocycles. The first kappa shape index (κ1) is 21.6. The second-order valence-electron chi connectivity index (χ2n) is 6.14. The summed E-state index contributed by atoms with van der Waals surface area (Å²) in [6.07, 6.45) is 0.382. The molecule has 27 heavy (non-hydrogen) atoms. The van der Waals surface area contributed by atoms with Crippen LogP contribution in [0.2, 0.25) is 0 Å². The van der Waals surface area contributed by atoms with Crippen LogP contribution in [-0.4, -0.2) is 25.2 Å². The molecule has 0 amide bonds. The lowest BCUT2D eigenvalue weighted by atomic mass is 9.76. The predicted molar refractivity (Wildman–Crippen MR) is 111 cm³/mol. The SMILES string of the molecule is CCOC(=O)C(Cc1cccc(Br)c1)(Cc1cccc(Br)c1)C(=O)OCC. The average Bonchev–Trinajstić information content (AvgIpc) is 2.61. The second-order valence-corrected chi connectivity index (χ2v) is 7.97. The van der Waals surface area contributed by atoms with Crippen molar-refractivity contribution in [3.05, 3.63) is 68.6 Å². The van der Waals surface area contributed by atoms with Crippen molar-refractivity contribution in [2.24, 2.45) is 5.41 Å². The van der Waals surface area contributed by atoms with Gasteiger partial charge < -0.3 is 9.47 Å². The molecule has 0 radical (unpaired) electrons. The molecule has 0 saturated carbocycles. The van der Waals surface area contributed by atoms with Gasteiger partial charge in [0.25, 0.3) is 0 Å².